The molecule has 0 unspecified atom stereocenters. The zero-order valence-electron chi connectivity index (χ0n) is 18.9. The van der Waals surface area contributed by atoms with Crippen molar-refractivity contribution in [3.8, 4) is 0 Å². The number of ketones is 1. The molecule has 8 heteroatoms. The Kier molecular flexibility index (Phi) is 5.17. The van der Waals surface area contributed by atoms with Crippen LogP contribution in [0.25, 0.3) is 0 Å². The normalized spacial score (nSPS) is 29.7. The summed E-state index contributed by atoms with van der Waals surface area (Å²) in [6.07, 6.45) is 5.16. The molecule has 2 aromatic rings. The van der Waals surface area contributed by atoms with Gasteiger partial charge >= 0.3 is 0 Å². The van der Waals surface area contributed by atoms with Gasteiger partial charge in [0, 0.05) is 10.6 Å². The van der Waals surface area contributed by atoms with Crippen LogP contribution in [0.3, 0.4) is 0 Å². The topological polar surface area (TPSA) is 74.8 Å². The molecule has 5 aliphatic rings. The fourth-order valence-electron chi connectivity index (χ4n) is 6.18. The van der Waals surface area contributed by atoms with Crippen molar-refractivity contribution in [3.63, 3.8) is 0 Å². The summed E-state index contributed by atoms with van der Waals surface area (Å²) in [5.74, 6) is -2.06. The smallest absolute Gasteiger partial charge is 0.274 e. The molecule has 0 aromatic heterocycles. The summed E-state index contributed by atoms with van der Waals surface area (Å²) in [6, 6.07) is 11.3. The maximum Gasteiger partial charge on any atom is 0.274 e. The van der Waals surface area contributed by atoms with Crippen LogP contribution in [0.2, 0.25) is 10.0 Å². The van der Waals surface area contributed by atoms with E-state index < -0.39 is 36.1 Å². The molecular formula is C27H22Cl2N2O4. The maximum absolute atomic E-state index is 13.7. The van der Waals surface area contributed by atoms with Gasteiger partial charge in [-0.1, -0.05) is 65.2 Å². The highest BCUT2D eigenvalue weighted by atomic mass is 35.5. The van der Waals surface area contributed by atoms with Crippen molar-refractivity contribution in [2.45, 2.75) is 13.3 Å². The van der Waals surface area contributed by atoms with Crippen molar-refractivity contribution >= 4 is 46.7 Å². The zero-order chi connectivity index (χ0) is 24.6. The first-order valence-corrected chi connectivity index (χ1v) is 12.4. The molecule has 35 heavy (non-hydrogen) atoms. The summed E-state index contributed by atoms with van der Waals surface area (Å²) in [5.41, 5.74) is 1.43. The Labute approximate surface area is 212 Å². The van der Waals surface area contributed by atoms with Crippen molar-refractivity contribution in [1.29, 1.82) is 0 Å². The summed E-state index contributed by atoms with van der Waals surface area (Å²) in [5, 5.41) is 2.32. The van der Waals surface area contributed by atoms with Crippen molar-refractivity contribution in [2.24, 2.45) is 35.5 Å². The lowest BCUT2D eigenvalue weighted by atomic mass is 9.63. The van der Waals surface area contributed by atoms with E-state index in [4.69, 9.17) is 23.2 Å². The second kappa shape index (κ2) is 8.04. The Balaban J connectivity index is 1.38. The van der Waals surface area contributed by atoms with Gasteiger partial charge in [0.05, 0.1) is 22.4 Å². The number of hydrazine groups is 1. The molecule has 1 aliphatic heterocycles. The first kappa shape index (κ1) is 22.5. The molecule has 0 N–H and O–H groups in total. The molecule has 1 saturated heterocycles. The molecule has 7 rings (SSSR count). The maximum atomic E-state index is 13.7. The molecular weight excluding hydrogens is 487 g/mol. The Morgan fingerprint density at radius 1 is 0.943 bits per heavy atom. The number of carbonyl (C=O) groups excluding carboxylic acids is 4. The fraction of sp³-hybridized carbons (Fsp3) is 0.333. The van der Waals surface area contributed by atoms with Gasteiger partial charge in [0.1, 0.15) is 6.54 Å². The van der Waals surface area contributed by atoms with Crippen LogP contribution in [0.1, 0.15) is 32.7 Å². The van der Waals surface area contributed by atoms with Crippen LogP contribution in [0.15, 0.2) is 54.6 Å². The molecule has 4 aliphatic carbocycles. The molecule has 0 radical (unpaired) electrons. The minimum absolute atomic E-state index is 0.000298. The number of Topliss-reactive ketones (excluding diaryl/α,β-unsaturated/α-hetero) is 1. The summed E-state index contributed by atoms with van der Waals surface area (Å²) >= 11 is 12.3. The van der Waals surface area contributed by atoms with Crippen molar-refractivity contribution in [3.05, 3.63) is 81.4 Å². The van der Waals surface area contributed by atoms with Crippen LogP contribution in [0, 0.1) is 42.4 Å². The third-order valence-electron chi connectivity index (χ3n) is 7.94. The number of hydrogen-bond donors (Lipinski definition) is 0. The molecule has 2 bridgehead atoms. The number of imide groups is 1. The summed E-state index contributed by atoms with van der Waals surface area (Å²) in [4.78, 5) is 54.3. The van der Waals surface area contributed by atoms with Gasteiger partial charge in [-0.25, -0.2) is 5.01 Å². The number of benzene rings is 2. The monoisotopic (exact) mass is 508 g/mol. The molecule has 3 amide bonds. The van der Waals surface area contributed by atoms with E-state index in [-0.39, 0.29) is 28.2 Å². The van der Waals surface area contributed by atoms with E-state index in [0.717, 1.165) is 22.0 Å². The van der Waals surface area contributed by atoms with Gasteiger partial charge in [-0.3, -0.25) is 19.2 Å². The number of allylic oxidation sites excluding steroid dienone is 2. The second-order valence-corrected chi connectivity index (χ2v) is 10.8. The van der Waals surface area contributed by atoms with Crippen molar-refractivity contribution in [1.82, 2.24) is 10.0 Å². The summed E-state index contributed by atoms with van der Waals surface area (Å²) in [6.45, 7) is 1.44. The van der Waals surface area contributed by atoms with Crippen LogP contribution in [-0.4, -0.2) is 40.1 Å². The Morgan fingerprint density at radius 3 is 2.11 bits per heavy atom. The van der Waals surface area contributed by atoms with E-state index >= 15 is 0 Å². The molecule has 178 valence electrons. The first-order chi connectivity index (χ1) is 16.8. The Hall–Kier alpha value is -2.96. The fourth-order valence-corrected chi connectivity index (χ4v) is 6.67. The molecule has 1 heterocycles. The highest BCUT2D eigenvalue weighted by molar-refractivity contribution is 6.36. The van der Waals surface area contributed by atoms with Crippen molar-refractivity contribution in [2.75, 3.05) is 6.54 Å². The molecule has 6 atom stereocenters. The predicted molar refractivity (Wildman–Crippen MR) is 130 cm³/mol. The predicted octanol–water partition coefficient (Wildman–Crippen LogP) is 4.60. The van der Waals surface area contributed by atoms with Crippen LogP contribution in [0.4, 0.5) is 0 Å². The lowest BCUT2D eigenvalue weighted by Crippen LogP contribution is -2.52. The Bertz CT molecular complexity index is 1280. The van der Waals surface area contributed by atoms with Gasteiger partial charge in [0.15, 0.2) is 5.78 Å². The summed E-state index contributed by atoms with van der Waals surface area (Å²) < 4.78 is 0. The van der Waals surface area contributed by atoms with Gasteiger partial charge in [0.2, 0.25) is 0 Å². The molecule has 2 saturated carbocycles. The lowest BCUT2D eigenvalue weighted by Gasteiger charge is -2.37. The third kappa shape index (κ3) is 3.46. The molecule has 0 spiro atoms. The molecule has 3 fully saturated rings. The number of hydrogen-bond acceptors (Lipinski definition) is 4. The highest BCUT2D eigenvalue weighted by Gasteiger charge is 2.68. The van der Waals surface area contributed by atoms with Gasteiger partial charge in [0.25, 0.3) is 17.7 Å². The van der Waals surface area contributed by atoms with Gasteiger partial charge in [-0.05, 0) is 55.2 Å². The van der Waals surface area contributed by atoms with Crippen LogP contribution < -0.4 is 0 Å². The van der Waals surface area contributed by atoms with Gasteiger partial charge < -0.3 is 0 Å². The van der Waals surface area contributed by atoms with E-state index in [1.807, 2.05) is 6.92 Å². The SMILES string of the molecule is Cc1ccc(C(=O)CN(C(=O)c2ccc(Cl)cc2Cl)N2C(=O)[C@@H]3[C@H]4C=C[C@@H]([C@@H]5C[C@H]45)[C@H]3C2=O)cc1. The standard InChI is InChI=1S/C27H22Cl2N2O4/c1-13-2-4-14(5-3-13)22(32)12-30(25(33)18-7-6-15(28)10-21(18)29)31-26(34)23-16-8-9-17(20-11-19(16)20)24(23)27(31)35/h2-10,16-17,19-20,23-24H,11-12H2,1H3/t16-,17-,19-,20+,23+,24+/m0/s1. The quantitative estimate of drug-likeness (QED) is 0.336. The van der Waals surface area contributed by atoms with Crippen LogP contribution >= 0.6 is 23.2 Å². The Morgan fingerprint density at radius 2 is 1.54 bits per heavy atom. The number of halogens is 2. The van der Waals surface area contributed by atoms with Gasteiger partial charge in [-0.2, -0.15) is 5.01 Å². The highest BCUT2D eigenvalue weighted by Crippen LogP contribution is 2.65. The van der Waals surface area contributed by atoms with E-state index in [1.54, 1.807) is 24.3 Å². The summed E-state index contributed by atoms with van der Waals surface area (Å²) in [7, 11) is 0. The van der Waals surface area contributed by atoms with E-state index in [9.17, 15) is 19.2 Å². The van der Waals surface area contributed by atoms with Crippen molar-refractivity contribution < 1.29 is 19.2 Å². The van der Waals surface area contributed by atoms with E-state index in [0.29, 0.717) is 22.4 Å². The minimum atomic E-state index is -0.696. The molecule has 6 nitrogen and oxygen atoms in total. The lowest BCUT2D eigenvalue weighted by molar-refractivity contribution is -0.154. The minimum Gasteiger partial charge on any atom is -0.292 e. The number of rotatable bonds is 5. The zero-order valence-corrected chi connectivity index (χ0v) is 20.4. The number of carbonyl (C=O) groups is 4. The average molecular weight is 509 g/mol. The number of nitrogens with zero attached hydrogens (tertiary/aromatic N) is 2. The molecule has 2 aromatic carbocycles. The van der Waals surface area contributed by atoms with Crippen LogP contribution in [-0.2, 0) is 9.59 Å². The largest absolute Gasteiger partial charge is 0.292 e. The first-order valence-electron chi connectivity index (χ1n) is 11.7. The number of amides is 3. The van der Waals surface area contributed by atoms with Gasteiger partial charge in [-0.15, -0.1) is 0 Å². The third-order valence-corrected chi connectivity index (χ3v) is 8.49. The average Bonchev–Trinajstić information content (AvgIpc) is 3.61. The van der Waals surface area contributed by atoms with Crippen LogP contribution in [0.5, 0.6) is 0 Å². The second-order valence-electron chi connectivity index (χ2n) is 9.92. The van der Waals surface area contributed by atoms with E-state index in [2.05, 4.69) is 12.2 Å². The number of aryl methyl sites for hydroxylation is 1. The van der Waals surface area contributed by atoms with E-state index in [1.165, 1.54) is 18.2 Å².